The molecule has 2 rings (SSSR count). The molecule has 11 nitrogen and oxygen atoms in total. The Kier molecular flexibility index (Phi) is 11.8. The lowest BCUT2D eigenvalue weighted by atomic mass is 10.0. The minimum absolute atomic E-state index is 0.0883. The number of likely N-dealkylation sites (tertiary alicyclic amines) is 1. The number of rotatable bonds is 13. The van der Waals surface area contributed by atoms with Crippen molar-refractivity contribution >= 4 is 35.4 Å². The summed E-state index contributed by atoms with van der Waals surface area (Å²) in [7, 11) is 0. The van der Waals surface area contributed by atoms with Crippen LogP contribution in [-0.2, 0) is 19.2 Å². The Morgan fingerprint density at radius 3 is 2.10 bits per heavy atom. The highest BCUT2D eigenvalue weighted by atomic mass is 19.4. The van der Waals surface area contributed by atoms with Gasteiger partial charge in [0.1, 0.15) is 12.1 Å². The van der Waals surface area contributed by atoms with Crippen LogP contribution in [0.3, 0.4) is 0 Å². The molecule has 14 heteroatoms. The van der Waals surface area contributed by atoms with Crippen molar-refractivity contribution in [2.75, 3.05) is 13.1 Å². The lowest BCUT2D eigenvalue weighted by molar-refractivity contribution is -0.174. The van der Waals surface area contributed by atoms with E-state index in [4.69, 9.17) is 5.11 Å². The lowest BCUT2D eigenvalue weighted by Gasteiger charge is -2.31. The van der Waals surface area contributed by atoms with E-state index < -0.39 is 65.6 Å². The Balaban J connectivity index is 2.06. The number of hydrogen-bond acceptors (Lipinski definition) is 6. The Labute approximate surface area is 235 Å². The van der Waals surface area contributed by atoms with Gasteiger partial charge in [0.15, 0.2) is 0 Å². The summed E-state index contributed by atoms with van der Waals surface area (Å²) in [6.07, 6.45) is -4.62. The molecule has 0 radical (unpaired) electrons. The molecule has 1 fully saturated rings. The van der Waals surface area contributed by atoms with E-state index in [1.165, 1.54) is 36.1 Å². The number of nitrogens with one attached hydrogen (secondary N) is 3. The molecule has 1 heterocycles. The van der Waals surface area contributed by atoms with Gasteiger partial charge in [-0.15, -0.1) is 0 Å². The number of benzene rings is 1. The van der Waals surface area contributed by atoms with Crippen LogP contribution in [-0.4, -0.2) is 82.8 Å². The van der Waals surface area contributed by atoms with Gasteiger partial charge < -0.3 is 26.0 Å². The molecule has 4 amide bonds. The predicted octanol–water partition coefficient (Wildman–Crippen LogP) is 2.05. The van der Waals surface area contributed by atoms with E-state index in [1.54, 1.807) is 13.8 Å². The van der Waals surface area contributed by atoms with E-state index in [0.29, 0.717) is 6.42 Å². The third-order valence-electron chi connectivity index (χ3n) is 6.64. The third kappa shape index (κ3) is 9.29. The smallest absolute Gasteiger partial charge is 0.452 e. The number of halogens is 3. The summed E-state index contributed by atoms with van der Waals surface area (Å²) >= 11 is 0. The first-order valence-corrected chi connectivity index (χ1v) is 13.3. The van der Waals surface area contributed by atoms with Crippen LogP contribution in [0.4, 0.5) is 13.2 Å². The molecule has 0 spiro atoms. The Hall–Kier alpha value is -3.97. The summed E-state index contributed by atoms with van der Waals surface area (Å²) in [5.41, 5.74) is 0.395. The van der Waals surface area contributed by atoms with Gasteiger partial charge in [0.2, 0.25) is 11.8 Å². The highest BCUT2D eigenvalue weighted by Gasteiger charge is 2.45. The normalized spacial score (nSPS) is 16.6. The fourth-order valence-corrected chi connectivity index (χ4v) is 4.35. The van der Waals surface area contributed by atoms with Gasteiger partial charge in [0.05, 0.1) is 6.04 Å². The summed E-state index contributed by atoms with van der Waals surface area (Å²) in [4.78, 5) is 74.8. The maximum Gasteiger partial charge on any atom is 0.452 e. The van der Waals surface area contributed by atoms with Crippen LogP contribution < -0.4 is 16.0 Å². The molecule has 0 aliphatic carbocycles. The molecule has 1 unspecified atom stereocenters. The zero-order chi connectivity index (χ0) is 30.9. The van der Waals surface area contributed by atoms with Gasteiger partial charge in [0, 0.05) is 30.6 Å². The third-order valence-corrected chi connectivity index (χ3v) is 6.64. The van der Waals surface area contributed by atoms with E-state index in [1.807, 2.05) is 0 Å². The molecular weight excluding hydrogens is 549 g/mol. The van der Waals surface area contributed by atoms with Gasteiger partial charge in [0.25, 0.3) is 17.6 Å². The first kappa shape index (κ1) is 33.2. The number of carbonyl (C=O) groups excluding carboxylic acids is 5. The van der Waals surface area contributed by atoms with Gasteiger partial charge in [-0.1, -0.05) is 20.8 Å². The van der Waals surface area contributed by atoms with Crippen LogP contribution in [0.2, 0.25) is 0 Å². The first-order valence-electron chi connectivity index (χ1n) is 13.3. The fraction of sp³-hybridized carbons (Fsp3) is 0.556. The Morgan fingerprint density at radius 2 is 1.59 bits per heavy atom. The molecule has 1 aliphatic heterocycles. The standard InChI is InChI=1S/C27H35F3N4O7/c1-4-18(22(37)27(28,29)30)32-25(40)19-7-6-14-34(19)26(41)21(15(2)3)33-24(39)17-11-9-16(10-12-17)23(38)31-13-5-8-20(35)36/h9-12,15,18-19,21H,4-8,13-14H2,1-3H3,(H,31,38)(H,32,40)(H,33,39)(H,35,36)/t18?,19-,21-/m0/s1. The lowest BCUT2D eigenvalue weighted by Crippen LogP contribution is -2.57. The Morgan fingerprint density at radius 1 is 1.00 bits per heavy atom. The SMILES string of the molecule is CCC(NC(=O)[C@@H]1CCCN1C(=O)[C@@H](NC(=O)c1ccc(C(=O)NCCCC(=O)O)cc1)C(C)C)C(=O)C(F)(F)F. The quantitative estimate of drug-likeness (QED) is 0.258. The summed E-state index contributed by atoms with van der Waals surface area (Å²) in [5, 5.41) is 16.0. The second kappa shape index (κ2) is 14.6. The first-order chi connectivity index (χ1) is 19.2. The van der Waals surface area contributed by atoms with Crippen molar-refractivity contribution in [3.05, 3.63) is 35.4 Å². The second-order valence-electron chi connectivity index (χ2n) is 10.0. The summed E-state index contributed by atoms with van der Waals surface area (Å²) in [6, 6.07) is 1.66. The molecule has 1 saturated heterocycles. The molecule has 4 N–H and O–H groups in total. The summed E-state index contributed by atoms with van der Waals surface area (Å²) < 4.78 is 38.6. The van der Waals surface area contributed by atoms with Crippen LogP contribution in [0.15, 0.2) is 24.3 Å². The number of amides is 4. The number of hydrogen-bond donors (Lipinski definition) is 4. The molecule has 0 saturated carbocycles. The number of carboxylic acid groups (broad SMARTS) is 1. The van der Waals surface area contributed by atoms with Crippen LogP contribution in [0.1, 0.15) is 73.6 Å². The predicted molar refractivity (Wildman–Crippen MR) is 140 cm³/mol. The summed E-state index contributed by atoms with van der Waals surface area (Å²) in [6.45, 7) is 5.01. The minimum atomic E-state index is -5.11. The van der Waals surface area contributed by atoms with Crippen molar-refractivity contribution in [1.29, 1.82) is 0 Å². The number of alkyl halides is 3. The number of ketones is 1. The zero-order valence-corrected chi connectivity index (χ0v) is 23.0. The van der Waals surface area contributed by atoms with Crippen molar-refractivity contribution in [3.8, 4) is 0 Å². The van der Waals surface area contributed by atoms with Gasteiger partial charge in [-0.05, 0) is 55.9 Å². The van der Waals surface area contributed by atoms with Crippen molar-refractivity contribution in [1.82, 2.24) is 20.9 Å². The van der Waals surface area contributed by atoms with Crippen LogP contribution in [0.25, 0.3) is 0 Å². The fourth-order valence-electron chi connectivity index (χ4n) is 4.35. The maximum absolute atomic E-state index is 13.4. The second-order valence-corrected chi connectivity index (χ2v) is 10.0. The van der Waals surface area contributed by atoms with E-state index in [2.05, 4.69) is 16.0 Å². The zero-order valence-electron chi connectivity index (χ0n) is 23.0. The largest absolute Gasteiger partial charge is 0.481 e. The van der Waals surface area contributed by atoms with E-state index in [0.717, 1.165) is 0 Å². The topological polar surface area (TPSA) is 162 Å². The van der Waals surface area contributed by atoms with E-state index in [9.17, 15) is 41.9 Å². The number of aliphatic carboxylic acids is 1. The molecule has 1 aromatic rings. The van der Waals surface area contributed by atoms with Gasteiger partial charge in [-0.25, -0.2) is 0 Å². The van der Waals surface area contributed by atoms with E-state index >= 15 is 0 Å². The van der Waals surface area contributed by atoms with Crippen molar-refractivity contribution < 1.29 is 47.0 Å². The van der Waals surface area contributed by atoms with Gasteiger partial charge >= 0.3 is 12.1 Å². The average molecular weight is 585 g/mol. The molecule has 41 heavy (non-hydrogen) atoms. The van der Waals surface area contributed by atoms with Crippen molar-refractivity contribution in [2.45, 2.75) is 77.2 Å². The molecule has 0 bridgehead atoms. The molecule has 0 aromatic heterocycles. The maximum atomic E-state index is 13.4. The van der Waals surface area contributed by atoms with Crippen LogP contribution in [0.5, 0.6) is 0 Å². The van der Waals surface area contributed by atoms with Crippen LogP contribution in [0, 0.1) is 5.92 Å². The Bertz CT molecular complexity index is 1140. The monoisotopic (exact) mass is 584 g/mol. The highest BCUT2D eigenvalue weighted by Crippen LogP contribution is 2.23. The molecule has 1 aliphatic rings. The number of nitrogens with zero attached hydrogens (tertiary/aromatic N) is 1. The van der Waals surface area contributed by atoms with Crippen molar-refractivity contribution in [3.63, 3.8) is 0 Å². The highest BCUT2D eigenvalue weighted by molar-refractivity contribution is 6.00. The average Bonchev–Trinajstić information content (AvgIpc) is 3.41. The molecule has 1 aromatic carbocycles. The number of carbonyl (C=O) groups is 6. The van der Waals surface area contributed by atoms with Gasteiger partial charge in [-0.2, -0.15) is 13.2 Å². The van der Waals surface area contributed by atoms with E-state index in [-0.39, 0.29) is 49.9 Å². The van der Waals surface area contributed by atoms with Crippen LogP contribution >= 0.6 is 0 Å². The minimum Gasteiger partial charge on any atom is -0.481 e. The molecule has 226 valence electrons. The summed E-state index contributed by atoms with van der Waals surface area (Å²) in [5.74, 6) is -5.98. The number of Topliss-reactive ketones (excluding diaryl/α,β-unsaturated/α-hetero) is 1. The molecule has 3 atom stereocenters. The van der Waals surface area contributed by atoms with Crippen molar-refractivity contribution in [2.24, 2.45) is 5.92 Å². The number of carboxylic acids is 1. The van der Waals surface area contributed by atoms with Gasteiger partial charge in [-0.3, -0.25) is 28.8 Å². The molecular formula is C27H35F3N4O7.